The van der Waals surface area contributed by atoms with Gasteiger partial charge in [-0.25, -0.2) is 15.0 Å². The summed E-state index contributed by atoms with van der Waals surface area (Å²) in [6.07, 6.45) is -4.46. The number of thioether (sulfide) groups is 1. The zero-order valence-electron chi connectivity index (χ0n) is 15.7. The molecule has 2 unspecified atom stereocenters. The first-order chi connectivity index (χ1) is 14.7. The Hall–Kier alpha value is -2.55. The number of anilines is 1. The number of allylic oxidation sites excluding steroid dienone is 2. The molecule has 0 spiro atoms. The Morgan fingerprint density at radius 3 is 2.77 bits per heavy atom. The molecule has 14 heteroatoms. The van der Waals surface area contributed by atoms with Gasteiger partial charge in [0.1, 0.15) is 24.1 Å². The second kappa shape index (κ2) is 8.18. The van der Waals surface area contributed by atoms with E-state index < -0.39 is 36.6 Å². The van der Waals surface area contributed by atoms with Gasteiger partial charge in [0.15, 0.2) is 17.7 Å². The van der Waals surface area contributed by atoms with Crippen LogP contribution in [0.5, 0.6) is 0 Å². The van der Waals surface area contributed by atoms with Crippen molar-refractivity contribution in [1.29, 1.82) is 0 Å². The van der Waals surface area contributed by atoms with E-state index in [0.29, 0.717) is 16.1 Å². The van der Waals surface area contributed by atoms with Gasteiger partial charge >= 0.3 is 6.18 Å². The number of hydrogen-bond acceptors (Lipinski definition) is 9. The van der Waals surface area contributed by atoms with Crippen LogP contribution >= 0.6 is 11.8 Å². The van der Waals surface area contributed by atoms with Crippen LogP contribution in [0.15, 0.2) is 35.4 Å². The Morgan fingerprint density at radius 1 is 1.29 bits per heavy atom. The predicted molar refractivity (Wildman–Crippen MR) is 103 cm³/mol. The summed E-state index contributed by atoms with van der Waals surface area (Å²) >= 11 is 1.05. The number of aliphatic hydroxyl groups excluding tert-OH is 2. The third-order valence-electron chi connectivity index (χ3n) is 5.12. The molecule has 2 aromatic heterocycles. The molecule has 2 aromatic rings. The van der Waals surface area contributed by atoms with Crippen LogP contribution in [-0.4, -0.2) is 60.0 Å². The number of nitrogens with zero attached hydrogens (tertiary/aromatic N) is 4. The fourth-order valence-electron chi connectivity index (χ4n) is 3.47. The van der Waals surface area contributed by atoms with Gasteiger partial charge in [-0.2, -0.15) is 13.2 Å². The number of nitrogen functional groups attached to an aromatic ring is 1. The number of aliphatic hydroxyl groups is 2. The first kappa shape index (κ1) is 21.7. The molecule has 10 nitrogen and oxygen atoms in total. The summed E-state index contributed by atoms with van der Waals surface area (Å²) < 4.78 is 45.9. The molecule has 1 fully saturated rings. The number of aromatic nitrogens is 4. The van der Waals surface area contributed by atoms with E-state index >= 15 is 0 Å². The van der Waals surface area contributed by atoms with E-state index in [1.54, 1.807) is 0 Å². The summed E-state index contributed by atoms with van der Waals surface area (Å²) in [6.45, 7) is 0. The third kappa shape index (κ3) is 4.03. The van der Waals surface area contributed by atoms with E-state index in [1.165, 1.54) is 28.5 Å². The van der Waals surface area contributed by atoms with Crippen LogP contribution in [-0.2, 0) is 4.74 Å². The molecule has 0 saturated carbocycles. The standard InChI is InChI=1S/C17H17F3N6O4S/c18-17(19,20)7-1-2-10(8(3-7)25-29)31-4-9-12(27)13(28)16(30-9)26-6-24-11-14(21)22-5-23-15(11)26/h2-3,5-7,9,12-13,16,27-28H,1,4H2,(H2,21,22,23)/p+1/t7?,9-,12-,13-,16?/m1/s1. The molecule has 3 heterocycles. The van der Waals surface area contributed by atoms with E-state index in [2.05, 4.69) is 15.0 Å². The monoisotopic (exact) mass is 459 g/mol. The van der Waals surface area contributed by atoms with Gasteiger partial charge in [0, 0.05) is 21.9 Å². The lowest BCUT2D eigenvalue weighted by Gasteiger charge is -2.19. The average Bonchev–Trinajstić information content (AvgIpc) is 3.28. The molecule has 1 aliphatic heterocycles. The van der Waals surface area contributed by atoms with Gasteiger partial charge in [-0.1, -0.05) is 6.08 Å². The number of hydrogen-bond donors (Lipinski definition) is 4. The van der Waals surface area contributed by atoms with Crippen molar-refractivity contribution in [2.45, 2.75) is 37.1 Å². The van der Waals surface area contributed by atoms with Crippen molar-refractivity contribution in [3.8, 4) is 0 Å². The number of nitroso groups, excluding NO2 is 1. The van der Waals surface area contributed by atoms with Crippen LogP contribution in [0, 0.1) is 10.8 Å². The van der Waals surface area contributed by atoms with Crippen LogP contribution in [0.2, 0.25) is 0 Å². The van der Waals surface area contributed by atoms with Crippen LogP contribution in [0.4, 0.5) is 19.0 Å². The summed E-state index contributed by atoms with van der Waals surface area (Å²) in [5, 5.41) is 22.4. The first-order valence-corrected chi connectivity index (χ1v) is 10.1. The molecule has 166 valence electrons. The summed E-state index contributed by atoms with van der Waals surface area (Å²) in [5.41, 5.74) is 6.19. The van der Waals surface area contributed by atoms with Gasteiger partial charge in [0.05, 0.1) is 23.3 Å². The Bertz CT molecular complexity index is 1060. The molecule has 31 heavy (non-hydrogen) atoms. The summed E-state index contributed by atoms with van der Waals surface area (Å²) in [4.78, 5) is 23.5. The van der Waals surface area contributed by atoms with E-state index in [4.69, 9.17) is 10.5 Å². The average molecular weight is 459 g/mol. The van der Waals surface area contributed by atoms with Gasteiger partial charge < -0.3 is 20.7 Å². The lowest BCUT2D eigenvalue weighted by atomic mass is 9.99. The number of ether oxygens (including phenoxy) is 1. The van der Waals surface area contributed by atoms with E-state index in [0.717, 1.165) is 17.8 Å². The highest BCUT2D eigenvalue weighted by Gasteiger charge is 2.45. The first-order valence-electron chi connectivity index (χ1n) is 9.15. The van der Waals surface area contributed by atoms with Crippen molar-refractivity contribution in [1.82, 2.24) is 19.5 Å². The molecule has 5 N–H and O–H groups in total. The van der Waals surface area contributed by atoms with Gasteiger partial charge in [0.2, 0.25) is 0 Å². The molecule has 0 bridgehead atoms. The van der Waals surface area contributed by atoms with Gasteiger partial charge in [-0.05, 0) is 6.42 Å². The minimum absolute atomic E-state index is 0.0834. The minimum Gasteiger partial charge on any atom is -0.387 e. The van der Waals surface area contributed by atoms with Gasteiger partial charge in [-0.3, -0.25) is 4.57 Å². The number of nitrogens with two attached hydrogens (primary N) is 1. The molecule has 4 rings (SSSR count). The molecular weight excluding hydrogens is 441 g/mol. The topological polar surface area (TPSA) is 150 Å². The number of rotatable bonds is 5. The number of imidazole rings is 1. The van der Waals surface area contributed by atoms with Crippen LogP contribution in [0.1, 0.15) is 12.6 Å². The fourth-order valence-corrected chi connectivity index (χ4v) is 4.57. The Morgan fingerprint density at radius 2 is 2.06 bits per heavy atom. The van der Waals surface area contributed by atoms with E-state index in [-0.39, 0.29) is 23.7 Å². The van der Waals surface area contributed by atoms with Gasteiger partial charge in [0.25, 0.3) is 5.70 Å². The number of alkyl halides is 3. The Kier molecular flexibility index (Phi) is 5.72. The summed E-state index contributed by atoms with van der Waals surface area (Å²) in [7, 11) is 0. The maximum absolute atomic E-state index is 12.9. The fraction of sp³-hybridized carbons (Fsp3) is 0.471. The number of halogens is 3. The van der Waals surface area contributed by atoms with Gasteiger partial charge in [-0.15, -0.1) is 11.8 Å². The maximum atomic E-state index is 12.9. The molecular formula is C17H18F3N6O4S+. The lowest BCUT2D eigenvalue weighted by Crippen LogP contribution is -2.62. The highest BCUT2D eigenvalue weighted by molar-refractivity contribution is 8.03. The largest absolute Gasteiger partial charge is 0.395 e. The zero-order valence-corrected chi connectivity index (χ0v) is 16.5. The van der Waals surface area contributed by atoms with E-state index in [9.17, 15) is 28.3 Å². The highest BCUT2D eigenvalue weighted by Crippen LogP contribution is 2.39. The molecule has 0 radical (unpaired) electrons. The smallest absolute Gasteiger partial charge is 0.387 e. The van der Waals surface area contributed by atoms with Crippen molar-refractivity contribution >= 4 is 28.7 Å². The number of nitrogens with one attached hydrogen (secondary N) is 1. The van der Waals surface area contributed by atoms with Crippen molar-refractivity contribution in [2.75, 3.05) is 11.5 Å². The molecule has 2 aliphatic rings. The second-order valence-electron chi connectivity index (χ2n) is 7.07. The minimum atomic E-state index is -4.45. The van der Waals surface area contributed by atoms with Crippen molar-refractivity contribution < 1.29 is 33.3 Å². The molecule has 0 aromatic carbocycles. The molecule has 1 aliphatic carbocycles. The zero-order chi connectivity index (χ0) is 22.3. The van der Waals surface area contributed by atoms with E-state index in [1.807, 2.05) is 0 Å². The SMILES string of the molecule is Nc1ncnc2c1ncn2C1O[C@H](CSC2=CCC(C(F)(F)F)C=C2[NH+]=O)[C@@H](O)[C@H]1O. The van der Waals surface area contributed by atoms with Crippen LogP contribution < -0.4 is 10.9 Å². The van der Waals surface area contributed by atoms with Crippen molar-refractivity contribution in [3.63, 3.8) is 0 Å². The lowest BCUT2D eigenvalue weighted by molar-refractivity contribution is -0.417. The summed E-state index contributed by atoms with van der Waals surface area (Å²) in [6, 6.07) is 0. The molecule has 1 saturated heterocycles. The summed E-state index contributed by atoms with van der Waals surface area (Å²) in [5.74, 6) is -1.51. The Labute approximate surface area is 177 Å². The molecule has 5 atom stereocenters. The van der Waals surface area contributed by atoms with Crippen molar-refractivity contribution in [2.24, 2.45) is 5.92 Å². The van der Waals surface area contributed by atoms with Crippen LogP contribution in [0.25, 0.3) is 11.2 Å². The third-order valence-corrected chi connectivity index (χ3v) is 6.32. The van der Waals surface area contributed by atoms with Crippen LogP contribution in [0.3, 0.4) is 0 Å². The van der Waals surface area contributed by atoms with Crippen molar-refractivity contribution in [3.05, 3.63) is 40.3 Å². The highest BCUT2D eigenvalue weighted by atomic mass is 32.2. The Balaban J connectivity index is 1.47. The normalized spacial score (nSPS) is 29.1. The predicted octanol–water partition coefficient (Wildman–Crippen LogP) is -0.0421. The number of fused-ring (bicyclic) bond motifs is 1. The molecule has 0 amide bonds. The maximum Gasteiger partial charge on any atom is 0.395 e. The second-order valence-corrected chi connectivity index (χ2v) is 8.14. The quantitative estimate of drug-likeness (QED) is 0.483.